The molecule has 7 aliphatic carbocycles. The van der Waals surface area contributed by atoms with Crippen LogP contribution in [0, 0.1) is 61.6 Å². The van der Waals surface area contributed by atoms with E-state index >= 15 is 4.79 Å². The molecule has 35 atom stereocenters. The number of carbonyl (C=O) groups excluding carboxylic acids is 2. The highest BCUT2D eigenvalue weighted by atomic mass is 16.8. The van der Waals surface area contributed by atoms with Gasteiger partial charge in [-0.25, -0.2) is 0 Å². The van der Waals surface area contributed by atoms with Gasteiger partial charge >= 0.3 is 5.97 Å². The number of ether oxygens (including phenoxy) is 10. The molecule has 5 saturated heterocycles. The van der Waals surface area contributed by atoms with Crippen LogP contribution in [0.15, 0.2) is 29.8 Å². The molecule has 0 spiro atoms. The van der Waals surface area contributed by atoms with Crippen LogP contribution < -0.4 is 5.73 Å². The van der Waals surface area contributed by atoms with Crippen molar-refractivity contribution in [1.29, 1.82) is 0 Å². The molecule has 27 nitrogen and oxygen atoms in total. The molecule has 1 aromatic carbocycles. The quantitative estimate of drug-likeness (QED) is 0.0766. The third-order valence-electron chi connectivity index (χ3n) is 29.3. The summed E-state index contributed by atoms with van der Waals surface area (Å²) in [7, 11) is 0. The van der Waals surface area contributed by atoms with Crippen LogP contribution in [-0.4, -0.2) is 257 Å². The highest BCUT2D eigenvalue weighted by molar-refractivity contribution is 5.81. The van der Waals surface area contributed by atoms with Crippen molar-refractivity contribution in [1.82, 2.24) is 0 Å². The summed E-state index contributed by atoms with van der Waals surface area (Å²) in [6, 6.07) is 7.02. The lowest BCUT2D eigenvalue weighted by molar-refractivity contribution is -0.374. The van der Waals surface area contributed by atoms with Crippen molar-refractivity contribution < 1.29 is 128 Å². The van der Waals surface area contributed by atoms with Crippen LogP contribution in [-0.2, 0) is 68.8 Å². The average molecular weight is 1490 g/mol. The van der Waals surface area contributed by atoms with Gasteiger partial charge in [0, 0.05) is 5.41 Å². The maximum absolute atomic E-state index is 15.4. The molecule has 5 saturated carbocycles. The number of esters is 1. The minimum absolute atomic E-state index is 0.102. The Morgan fingerprint density at radius 1 is 0.581 bits per heavy atom. The van der Waals surface area contributed by atoms with Gasteiger partial charge in [0.2, 0.25) is 12.2 Å². The van der Waals surface area contributed by atoms with Crippen molar-refractivity contribution in [2.24, 2.45) is 67.3 Å². The fourth-order valence-corrected chi connectivity index (χ4v) is 22.6. The highest BCUT2D eigenvalue weighted by Gasteiger charge is 2.73. The monoisotopic (exact) mass is 1490 g/mol. The zero-order valence-electron chi connectivity index (χ0n) is 63.4. The molecule has 16 N–H and O–H groups in total. The van der Waals surface area contributed by atoms with Gasteiger partial charge in [0.05, 0.1) is 44.2 Å². The van der Waals surface area contributed by atoms with Crippen LogP contribution in [0.4, 0.5) is 0 Å². The first kappa shape index (κ1) is 81.5. The number of rotatable bonds is 13. The van der Waals surface area contributed by atoms with Crippen LogP contribution in [0.3, 0.4) is 0 Å². The lowest BCUT2D eigenvalue weighted by Crippen LogP contribution is -2.68. The minimum atomic E-state index is -1.93. The number of aliphatic hydroxyl groups is 14. The molecule has 0 radical (unpaired) electrons. The standard InChI is InChI=1S/C58H94O25.C20H29NO/c1-23-44(80-47-40(69)34(63)27(60)21-74-47)38(67)42(71)48(76-23)79-33-13-14-55(7)30(54(33,5)6)12-15-56(8)31(55)11-10-25-26-18-53(3,4)16-17-58(26,32(62)19-57(25,56)9)52(73)83-51-46(35(64)28(61)22-75-51)82-49-43(72)39(68)45(24(2)77-49)81-50-41(70)37(66)36(65)29(20-59)78-50;1-13(2)14-6-8-16-15(12-14)7-9-17-19(16,3)10-5-11-20(17,4)18(21)22/h10,23-24,26-51,59-72H,11-22H2,1-9H3;6,8,12-13,17H,5,7,9-11H2,1-4H3,(H2,21,22). The first-order valence-corrected chi connectivity index (χ1v) is 38.7. The van der Waals surface area contributed by atoms with Gasteiger partial charge in [-0.15, -0.1) is 0 Å². The van der Waals surface area contributed by atoms with Crippen molar-refractivity contribution in [3.8, 4) is 0 Å². The van der Waals surface area contributed by atoms with Crippen LogP contribution in [0.1, 0.15) is 196 Å². The number of benzene rings is 1. The molecule has 5 heterocycles. The zero-order chi connectivity index (χ0) is 76.7. The van der Waals surface area contributed by atoms with Crippen molar-refractivity contribution >= 4 is 11.9 Å². The molecule has 5 aliphatic heterocycles. The van der Waals surface area contributed by atoms with E-state index < -0.39 is 195 Å². The van der Waals surface area contributed by atoms with E-state index in [1.165, 1.54) is 30.0 Å². The number of hydrogen-bond donors (Lipinski definition) is 15. The van der Waals surface area contributed by atoms with E-state index in [4.69, 9.17) is 53.1 Å². The van der Waals surface area contributed by atoms with E-state index in [0.29, 0.717) is 37.5 Å². The third kappa shape index (κ3) is 13.8. The largest absolute Gasteiger partial charge is 0.432 e. The van der Waals surface area contributed by atoms with Crippen molar-refractivity contribution in [3.63, 3.8) is 0 Å². The van der Waals surface area contributed by atoms with Gasteiger partial charge < -0.3 is 125 Å². The molecule has 1 amide bonds. The molecule has 105 heavy (non-hydrogen) atoms. The number of hydrogen-bond acceptors (Lipinski definition) is 26. The number of nitrogens with two attached hydrogens (primary N) is 1. The molecule has 596 valence electrons. The molecule has 0 aromatic heterocycles. The van der Waals surface area contributed by atoms with Gasteiger partial charge in [-0.2, -0.15) is 0 Å². The Hall–Kier alpha value is -3.02. The van der Waals surface area contributed by atoms with Gasteiger partial charge in [0.25, 0.3) is 0 Å². The van der Waals surface area contributed by atoms with E-state index in [1.807, 2.05) is 0 Å². The average Bonchev–Trinajstić information content (AvgIpc) is 0.670. The predicted octanol–water partition coefficient (Wildman–Crippen LogP) is 2.40. The molecular weight excluding hydrogens is 1370 g/mol. The number of allylic oxidation sites excluding steroid dienone is 2. The normalized spacial score (nSPS) is 50.7. The van der Waals surface area contributed by atoms with Crippen molar-refractivity contribution in [3.05, 3.63) is 46.5 Å². The van der Waals surface area contributed by atoms with Crippen molar-refractivity contribution in [2.45, 2.75) is 345 Å². The minimum Gasteiger partial charge on any atom is -0.432 e. The van der Waals surface area contributed by atoms with Gasteiger partial charge in [0.15, 0.2) is 31.3 Å². The summed E-state index contributed by atoms with van der Waals surface area (Å²) < 4.78 is 59.6. The molecule has 35 unspecified atom stereocenters. The number of primary amides is 1. The summed E-state index contributed by atoms with van der Waals surface area (Å²) in [4.78, 5) is 27.6. The third-order valence-corrected chi connectivity index (χ3v) is 29.3. The fraction of sp³-hybridized carbons (Fsp3) is 0.872. The summed E-state index contributed by atoms with van der Waals surface area (Å²) in [6.07, 6.45) is -23.8. The smallest absolute Gasteiger partial charge is 0.317 e. The molecule has 10 fully saturated rings. The van der Waals surface area contributed by atoms with Crippen LogP contribution >= 0.6 is 0 Å². The lowest BCUT2D eigenvalue weighted by Gasteiger charge is -2.71. The fourth-order valence-electron chi connectivity index (χ4n) is 22.6. The van der Waals surface area contributed by atoms with Gasteiger partial charge in [0.1, 0.15) is 97.0 Å². The summed E-state index contributed by atoms with van der Waals surface area (Å²) in [5.74, 6) is -0.162. The molecule has 12 aliphatic rings. The Morgan fingerprint density at radius 2 is 1.16 bits per heavy atom. The Kier molecular flexibility index (Phi) is 23.1. The second kappa shape index (κ2) is 29.8. The highest BCUT2D eigenvalue weighted by Crippen LogP contribution is 2.76. The maximum atomic E-state index is 15.4. The van der Waals surface area contributed by atoms with Crippen LogP contribution in [0.2, 0.25) is 0 Å². The Bertz CT molecular complexity index is 3280. The van der Waals surface area contributed by atoms with Gasteiger partial charge in [-0.3, -0.25) is 9.59 Å². The molecule has 13 rings (SSSR count). The van der Waals surface area contributed by atoms with E-state index in [9.17, 15) is 76.3 Å². The maximum Gasteiger partial charge on any atom is 0.317 e. The summed E-state index contributed by atoms with van der Waals surface area (Å²) in [5, 5.41) is 152. The number of amides is 1. The summed E-state index contributed by atoms with van der Waals surface area (Å²) >= 11 is 0. The van der Waals surface area contributed by atoms with Crippen LogP contribution in [0.5, 0.6) is 0 Å². The second-order valence-corrected chi connectivity index (χ2v) is 36.5. The summed E-state index contributed by atoms with van der Waals surface area (Å²) in [5.41, 5.74) is 7.69. The number of aliphatic hydroxyl groups excluding tert-OH is 14. The first-order chi connectivity index (χ1) is 49.1. The zero-order valence-corrected chi connectivity index (χ0v) is 63.4. The Labute approximate surface area is 616 Å². The molecule has 27 heteroatoms. The molecule has 1 aromatic rings. The molecule has 0 bridgehead atoms. The number of carbonyl (C=O) groups is 2. The van der Waals surface area contributed by atoms with E-state index in [1.54, 1.807) is 6.92 Å². The van der Waals surface area contributed by atoms with E-state index in [-0.39, 0.29) is 64.3 Å². The SMILES string of the molecule is CC(C)c1ccc2c(c1)CCC1C(C)(C(N)=O)CCCC21C.CC1OC(OC2CCC3(C)C(CCC4(C)C3CC=C3C5CC(C)(C)CCC5(C(=O)OC5OCC(O)C(O)C5OC5OC(C)C(OC6OC(CO)C(O)C(O)C6O)C(O)C5O)C(O)CC34C)C2(C)C)C(O)C(O)C1OC1OCC(O)C(O)C1O. The number of fused-ring (bicyclic) bond motifs is 10. The summed E-state index contributed by atoms with van der Waals surface area (Å²) in [6.45, 7) is 26.2. The van der Waals surface area contributed by atoms with Crippen molar-refractivity contribution in [2.75, 3.05) is 19.8 Å². The first-order valence-electron chi connectivity index (χ1n) is 38.7. The number of aryl methyl sites for hydroxylation is 1. The topological polar surface area (TPSA) is 436 Å². The second-order valence-electron chi connectivity index (χ2n) is 36.5. The Morgan fingerprint density at radius 3 is 1.79 bits per heavy atom. The Balaban J connectivity index is 0.000000399. The predicted molar refractivity (Wildman–Crippen MR) is 373 cm³/mol. The van der Waals surface area contributed by atoms with Gasteiger partial charge in [-0.05, 0) is 176 Å². The van der Waals surface area contributed by atoms with E-state index in [2.05, 4.69) is 100 Å². The van der Waals surface area contributed by atoms with Crippen LogP contribution in [0.25, 0.3) is 0 Å². The van der Waals surface area contributed by atoms with Gasteiger partial charge in [-0.1, -0.05) is 112 Å². The molecular formula is C78H123NO26. The lowest BCUT2D eigenvalue weighted by atomic mass is 9.33. The van der Waals surface area contributed by atoms with E-state index in [0.717, 1.165) is 50.5 Å².